The Hall–Kier alpha value is -1.22. The molecule has 0 atom stereocenters. The highest BCUT2D eigenvalue weighted by Gasteiger charge is 2.14. The maximum Gasteiger partial charge on any atom is 0.103 e. The molecule has 0 bridgehead atoms. The fourth-order valence-electron chi connectivity index (χ4n) is 1.93. The normalized spacial score (nSPS) is 10.3. The minimum Gasteiger partial charge on any atom is -0.383 e. The summed E-state index contributed by atoms with van der Waals surface area (Å²) in [5.74, 6) is 0.953. The van der Waals surface area contributed by atoms with E-state index in [4.69, 9.17) is 9.47 Å². The fourth-order valence-corrected chi connectivity index (χ4v) is 2.71. The third-order valence-electron chi connectivity index (χ3n) is 2.89. The van der Waals surface area contributed by atoms with E-state index < -0.39 is 0 Å². The van der Waals surface area contributed by atoms with Gasteiger partial charge in [0.2, 0.25) is 0 Å². The summed E-state index contributed by atoms with van der Waals surface area (Å²) in [6.07, 6.45) is 0. The Morgan fingerprint density at radius 3 is 2.35 bits per heavy atom. The van der Waals surface area contributed by atoms with Crippen molar-refractivity contribution in [3.63, 3.8) is 0 Å². The van der Waals surface area contributed by atoms with Crippen LogP contribution in [0.5, 0.6) is 0 Å². The Morgan fingerprint density at radius 1 is 1.20 bits per heavy atom. The Kier molecular flexibility index (Phi) is 8.12. The van der Waals surface area contributed by atoms with Crippen LogP contribution >= 0.6 is 11.8 Å². The van der Waals surface area contributed by atoms with Gasteiger partial charge in [-0.1, -0.05) is 13.0 Å². The summed E-state index contributed by atoms with van der Waals surface area (Å²) in [5, 5.41) is 9.47. The molecule has 0 aliphatic heterocycles. The molecule has 110 valence electrons. The lowest BCUT2D eigenvalue weighted by Gasteiger charge is -2.26. The summed E-state index contributed by atoms with van der Waals surface area (Å²) in [4.78, 5) is 3.18. The van der Waals surface area contributed by atoms with Crippen molar-refractivity contribution in [1.82, 2.24) is 0 Å². The molecule has 1 aromatic carbocycles. The second kappa shape index (κ2) is 9.65. The maximum atomic E-state index is 9.47. The van der Waals surface area contributed by atoms with Crippen molar-refractivity contribution >= 4 is 17.4 Å². The van der Waals surface area contributed by atoms with E-state index in [1.807, 2.05) is 18.2 Å². The summed E-state index contributed by atoms with van der Waals surface area (Å²) in [5.41, 5.74) is 1.70. The zero-order valence-electron chi connectivity index (χ0n) is 12.4. The predicted octanol–water partition coefficient (Wildman–Crippen LogP) is 2.77. The quantitative estimate of drug-likeness (QED) is 0.655. The van der Waals surface area contributed by atoms with Crippen LogP contribution in [-0.2, 0) is 9.47 Å². The first-order valence-electron chi connectivity index (χ1n) is 6.67. The Balaban J connectivity index is 3.04. The monoisotopic (exact) mass is 294 g/mol. The van der Waals surface area contributed by atoms with Gasteiger partial charge in [-0.25, -0.2) is 0 Å². The van der Waals surface area contributed by atoms with E-state index in [1.165, 1.54) is 0 Å². The SMILES string of the molecule is CCSc1cccc(N(CCOC)CCOC)c1C#N. The number of hydrogen-bond donors (Lipinski definition) is 0. The van der Waals surface area contributed by atoms with Crippen LogP contribution in [-0.4, -0.2) is 46.3 Å². The molecule has 0 heterocycles. The lowest BCUT2D eigenvalue weighted by molar-refractivity contribution is 0.190. The Morgan fingerprint density at radius 2 is 1.85 bits per heavy atom. The number of methoxy groups -OCH3 is 2. The molecule has 0 fully saturated rings. The third kappa shape index (κ3) is 4.71. The highest BCUT2D eigenvalue weighted by Crippen LogP contribution is 2.30. The number of hydrogen-bond acceptors (Lipinski definition) is 5. The molecule has 5 heteroatoms. The largest absolute Gasteiger partial charge is 0.383 e. The Labute approximate surface area is 125 Å². The van der Waals surface area contributed by atoms with Crippen molar-refractivity contribution in [3.05, 3.63) is 23.8 Å². The van der Waals surface area contributed by atoms with Crippen molar-refractivity contribution in [1.29, 1.82) is 5.26 Å². The van der Waals surface area contributed by atoms with Crippen LogP contribution in [0.25, 0.3) is 0 Å². The molecule has 0 saturated carbocycles. The van der Waals surface area contributed by atoms with E-state index in [2.05, 4.69) is 17.9 Å². The van der Waals surface area contributed by atoms with Gasteiger partial charge in [-0.2, -0.15) is 5.26 Å². The lowest BCUT2D eigenvalue weighted by Crippen LogP contribution is -2.31. The average Bonchev–Trinajstić information content (AvgIpc) is 2.47. The van der Waals surface area contributed by atoms with E-state index in [1.54, 1.807) is 26.0 Å². The Bertz CT molecular complexity index is 438. The van der Waals surface area contributed by atoms with Crippen LogP contribution in [0.4, 0.5) is 5.69 Å². The molecule has 0 saturated heterocycles. The van der Waals surface area contributed by atoms with Crippen LogP contribution in [0.3, 0.4) is 0 Å². The molecular weight excluding hydrogens is 272 g/mol. The molecule has 20 heavy (non-hydrogen) atoms. The number of rotatable bonds is 9. The van der Waals surface area contributed by atoms with Crippen molar-refractivity contribution in [2.45, 2.75) is 11.8 Å². The van der Waals surface area contributed by atoms with Crippen LogP contribution < -0.4 is 4.90 Å². The van der Waals surface area contributed by atoms with Gasteiger partial charge in [0.05, 0.1) is 24.5 Å². The van der Waals surface area contributed by atoms with Crippen molar-refractivity contribution in [2.24, 2.45) is 0 Å². The predicted molar refractivity (Wildman–Crippen MR) is 83.5 cm³/mol. The molecular formula is C15H22N2O2S. The van der Waals surface area contributed by atoms with Crippen molar-refractivity contribution in [2.75, 3.05) is 51.2 Å². The van der Waals surface area contributed by atoms with Gasteiger partial charge in [-0.15, -0.1) is 11.8 Å². The van der Waals surface area contributed by atoms with Gasteiger partial charge in [0.25, 0.3) is 0 Å². The number of nitrogens with zero attached hydrogens (tertiary/aromatic N) is 2. The third-order valence-corrected chi connectivity index (χ3v) is 3.83. The molecule has 0 aromatic heterocycles. The second-order valence-corrected chi connectivity index (χ2v) is 5.47. The number of benzene rings is 1. The molecule has 0 aliphatic carbocycles. The zero-order valence-corrected chi connectivity index (χ0v) is 13.2. The molecule has 0 spiro atoms. The second-order valence-electron chi connectivity index (χ2n) is 4.17. The number of ether oxygens (including phenoxy) is 2. The van der Waals surface area contributed by atoms with E-state index in [-0.39, 0.29) is 0 Å². The van der Waals surface area contributed by atoms with Gasteiger partial charge in [0.15, 0.2) is 0 Å². The standard InChI is InChI=1S/C15H22N2O2S/c1-4-20-15-7-5-6-14(13(15)12-16)17(8-10-18-2)9-11-19-3/h5-7H,4,8-11H2,1-3H3. The lowest BCUT2D eigenvalue weighted by atomic mass is 10.1. The topological polar surface area (TPSA) is 45.5 Å². The minimum absolute atomic E-state index is 0.625. The van der Waals surface area contributed by atoms with Gasteiger partial charge in [-0.3, -0.25) is 0 Å². The first-order chi connectivity index (χ1) is 9.78. The molecule has 0 N–H and O–H groups in total. The van der Waals surface area contributed by atoms with Gasteiger partial charge >= 0.3 is 0 Å². The summed E-state index contributed by atoms with van der Waals surface area (Å²) >= 11 is 1.69. The average molecular weight is 294 g/mol. The smallest absolute Gasteiger partial charge is 0.103 e. The molecule has 0 amide bonds. The van der Waals surface area contributed by atoms with Gasteiger partial charge < -0.3 is 14.4 Å². The van der Waals surface area contributed by atoms with Crippen molar-refractivity contribution < 1.29 is 9.47 Å². The van der Waals surface area contributed by atoms with Crippen LogP contribution in [0.2, 0.25) is 0 Å². The number of nitriles is 1. The summed E-state index contributed by atoms with van der Waals surface area (Å²) in [6.45, 7) is 4.83. The summed E-state index contributed by atoms with van der Waals surface area (Å²) in [6, 6.07) is 8.33. The van der Waals surface area contributed by atoms with E-state index in [0.29, 0.717) is 13.2 Å². The van der Waals surface area contributed by atoms with Crippen LogP contribution in [0.1, 0.15) is 12.5 Å². The molecule has 0 aliphatic rings. The first-order valence-corrected chi connectivity index (χ1v) is 7.65. The van der Waals surface area contributed by atoms with Gasteiger partial charge in [0, 0.05) is 32.2 Å². The fraction of sp³-hybridized carbons (Fsp3) is 0.533. The number of thioether (sulfide) groups is 1. The van der Waals surface area contributed by atoms with E-state index in [0.717, 1.165) is 35.0 Å². The van der Waals surface area contributed by atoms with Gasteiger partial charge in [-0.05, 0) is 17.9 Å². The summed E-state index contributed by atoms with van der Waals surface area (Å²) < 4.78 is 10.3. The molecule has 4 nitrogen and oxygen atoms in total. The van der Waals surface area contributed by atoms with Gasteiger partial charge in [0.1, 0.15) is 6.07 Å². The van der Waals surface area contributed by atoms with Crippen LogP contribution in [0, 0.1) is 11.3 Å². The zero-order chi connectivity index (χ0) is 14.8. The molecule has 0 unspecified atom stereocenters. The first kappa shape index (κ1) is 16.8. The number of anilines is 1. The molecule has 1 aromatic rings. The molecule has 1 rings (SSSR count). The van der Waals surface area contributed by atoms with Crippen LogP contribution in [0.15, 0.2) is 23.1 Å². The highest BCUT2D eigenvalue weighted by atomic mass is 32.2. The van der Waals surface area contributed by atoms with E-state index >= 15 is 0 Å². The maximum absolute atomic E-state index is 9.47. The summed E-state index contributed by atoms with van der Waals surface area (Å²) in [7, 11) is 3.37. The molecule has 0 radical (unpaired) electrons. The van der Waals surface area contributed by atoms with Crippen molar-refractivity contribution in [3.8, 4) is 6.07 Å². The highest BCUT2D eigenvalue weighted by molar-refractivity contribution is 7.99. The van der Waals surface area contributed by atoms with E-state index in [9.17, 15) is 5.26 Å². The minimum atomic E-state index is 0.625.